The molecular formula is C17H26N2O5. The largest absolute Gasteiger partial charge is 0.493 e. The molecule has 0 bridgehead atoms. The molecule has 0 saturated carbocycles. The van der Waals surface area contributed by atoms with Crippen molar-refractivity contribution >= 4 is 11.8 Å². The molecule has 0 radical (unpaired) electrons. The first-order valence-electron chi connectivity index (χ1n) is 7.97. The van der Waals surface area contributed by atoms with Crippen LogP contribution in [-0.4, -0.2) is 52.3 Å². The van der Waals surface area contributed by atoms with Crippen molar-refractivity contribution in [1.82, 2.24) is 10.6 Å². The molecule has 0 unspecified atom stereocenters. The van der Waals surface area contributed by atoms with E-state index in [0.717, 1.165) is 5.56 Å². The van der Waals surface area contributed by atoms with Gasteiger partial charge in [-0.2, -0.15) is 0 Å². The molecule has 0 fully saturated rings. The van der Waals surface area contributed by atoms with Crippen molar-refractivity contribution in [3.05, 3.63) is 23.8 Å². The lowest BCUT2D eigenvalue weighted by Gasteiger charge is -2.10. The average molecular weight is 338 g/mol. The molecule has 0 aliphatic carbocycles. The second-order valence-corrected chi connectivity index (χ2v) is 5.00. The lowest BCUT2D eigenvalue weighted by molar-refractivity contribution is -0.139. The van der Waals surface area contributed by atoms with Gasteiger partial charge in [0.2, 0.25) is 0 Å². The van der Waals surface area contributed by atoms with Crippen LogP contribution in [-0.2, 0) is 20.7 Å². The summed E-state index contributed by atoms with van der Waals surface area (Å²) in [6, 6.07) is 5.54. The van der Waals surface area contributed by atoms with Gasteiger partial charge in [0, 0.05) is 26.3 Å². The highest BCUT2D eigenvalue weighted by Crippen LogP contribution is 2.27. The summed E-state index contributed by atoms with van der Waals surface area (Å²) >= 11 is 0. The Labute approximate surface area is 142 Å². The maximum absolute atomic E-state index is 11.7. The van der Waals surface area contributed by atoms with Crippen molar-refractivity contribution in [2.45, 2.75) is 19.8 Å². The summed E-state index contributed by atoms with van der Waals surface area (Å²) in [7, 11) is 3.14. The molecule has 2 amide bonds. The topological polar surface area (TPSA) is 85.9 Å². The summed E-state index contributed by atoms with van der Waals surface area (Å²) in [5.74, 6) is 0.0239. The van der Waals surface area contributed by atoms with Crippen molar-refractivity contribution in [3.63, 3.8) is 0 Å². The zero-order valence-corrected chi connectivity index (χ0v) is 14.5. The van der Waals surface area contributed by atoms with Crippen LogP contribution in [0, 0.1) is 0 Å². The van der Waals surface area contributed by atoms with Gasteiger partial charge in [-0.3, -0.25) is 9.59 Å². The van der Waals surface area contributed by atoms with Crippen LogP contribution in [0.4, 0.5) is 0 Å². The van der Waals surface area contributed by atoms with E-state index in [2.05, 4.69) is 10.6 Å². The number of amides is 2. The van der Waals surface area contributed by atoms with Gasteiger partial charge in [0.25, 0.3) is 0 Å². The van der Waals surface area contributed by atoms with Crippen molar-refractivity contribution < 1.29 is 23.8 Å². The normalized spacial score (nSPS) is 10.1. The monoisotopic (exact) mass is 338 g/mol. The van der Waals surface area contributed by atoms with E-state index in [9.17, 15) is 9.59 Å². The summed E-state index contributed by atoms with van der Waals surface area (Å²) in [5, 5.41) is 5.15. The fourth-order valence-electron chi connectivity index (χ4n) is 2.04. The third kappa shape index (κ3) is 6.87. The Morgan fingerprint density at radius 3 is 2.29 bits per heavy atom. The van der Waals surface area contributed by atoms with Gasteiger partial charge in [-0.1, -0.05) is 6.07 Å². The minimum absolute atomic E-state index is 0.362. The van der Waals surface area contributed by atoms with E-state index in [0.29, 0.717) is 50.6 Å². The Bertz CT molecular complexity index is 534. The van der Waals surface area contributed by atoms with Crippen LogP contribution >= 0.6 is 0 Å². The first-order valence-corrected chi connectivity index (χ1v) is 7.97. The number of rotatable bonds is 10. The van der Waals surface area contributed by atoms with Crippen LogP contribution in [0.15, 0.2) is 18.2 Å². The van der Waals surface area contributed by atoms with Crippen molar-refractivity contribution in [2.75, 3.05) is 40.5 Å². The van der Waals surface area contributed by atoms with Crippen LogP contribution in [0.25, 0.3) is 0 Å². The van der Waals surface area contributed by atoms with Crippen molar-refractivity contribution in [2.24, 2.45) is 0 Å². The van der Waals surface area contributed by atoms with Crippen LogP contribution in [0.3, 0.4) is 0 Å². The van der Waals surface area contributed by atoms with E-state index in [4.69, 9.17) is 14.2 Å². The standard InChI is InChI=1S/C17H26N2O5/c1-4-24-11-5-9-18-16(20)17(21)19-10-8-13-6-7-14(22-2)15(12-13)23-3/h6-7,12H,4-5,8-11H2,1-3H3,(H,18,20)(H,19,21). The van der Waals surface area contributed by atoms with E-state index in [1.165, 1.54) is 0 Å². The molecular weight excluding hydrogens is 312 g/mol. The Morgan fingerprint density at radius 1 is 1.00 bits per heavy atom. The molecule has 7 nitrogen and oxygen atoms in total. The summed E-state index contributed by atoms with van der Waals surface area (Å²) < 4.78 is 15.6. The molecule has 0 spiro atoms. The smallest absolute Gasteiger partial charge is 0.309 e. The van der Waals surface area contributed by atoms with Gasteiger partial charge in [0.15, 0.2) is 11.5 Å². The highest BCUT2D eigenvalue weighted by Gasteiger charge is 2.12. The quantitative estimate of drug-likeness (QED) is 0.489. The van der Waals surface area contributed by atoms with Crippen LogP contribution in [0.2, 0.25) is 0 Å². The third-order valence-electron chi connectivity index (χ3n) is 3.31. The molecule has 0 aliphatic heterocycles. The van der Waals surface area contributed by atoms with Gasteiger partial charge in [0.1, 0.15) is 0 Å². The van der Waals surface area contributed by atoms with Crippen molar-refractivity contribution in [1.29, 1.82) is 0 Å². The molecule has 1 rings (SSSR count). The second kappa shape index (κ2) is 11.3. The lowest BCUT2D eigenvalue weighted by Crippen LogP contribution is -2.41. The second-order valence-electron chi connectivity index (χ2n) is 5.00. The number of ether oxygens (including phenoxy) is 3. The molecule has 1 aromatic rings. The first kappa shape index (κ1) is 19.8. The summed E-state index contributed by atoms with van der Waals surface area (Å²) in [6.07, 6.45) is 1.27. The highest BCUT2D eigenvalue weighted by atomic mass is 16.5. The molecule has 0 aromatic heterocycles. The summed E-state index contributed by atoms with van der Waals surface area (Å²) in [6.45, 7) is 3.90. The predicted octanol–water partition coefficient (Wildman–Crippen LogP) is 0.905. The molecule has 1 aromatic carbocycles. The fraction of sp³-hybridized carbons (Fsp3) is 0.529. The number of carbonyl (C=O) groups is 2. The van der Waals surface area contributed by atoms with Gasteiger partial charge in [-0.25, -0.2) is 0 Å². The zero-order valence-electron chi connectivity index (χ0n) is 14.5. The summed E-state index contributed by atoms with van der Waals surface area (Å²) in [5.41, 5.74) is 0.977. The van der Waals surface area contributed by atoms with Crippen LogP contribution in [0.1, 0.15) is 18.9 Å². The van der Waals surface area contributed by atoms with Gasteiger partial charge in [-0.15, -0.1) is 0 Å². The molecule has 7 heteroatoms. The molecule has 0 aliphatic rings. The molecule has 0 atom stereocenters. The van der Waals surface area contributed by atoms with Crippen molar-refractivity contribution in [3.8, 4) is 11.5 Å². The number of hydrogen-bond donors (Lipinski definition) is 2. The third-order valence-corrected chi connectivity index (χ3v) is 3.31. The highest BCUT2D eigenvalue weighted by molar-refractivity contribution is 6.35. The number of methoxy groups -OCH3 is 2. The molecule has 0 heterocycles. The molecule has 0 saturated heterocycles. The van der Waals surface area contributed by atoms with Gasteiger partial charge < -0.3 is 24.8 Å². The average Bonchev–Trinajstić information content (AvgIpc) is 2.61. The Morgan fingerprint density at radius 2 is 1.67 bits per heavy atom. The van der Waals surface area contributed by atoms with E-state index in [1.54, 1.807) is 20.3 Å². The minimum atomic E-state index is -0.633. The van der Waals surface area contributed by atoms with Crippen LogP contribution < -0.4 is 20.1 Å². The van der Waals surface area contributed by atoms with E-state index >= 15 is 0 Å². The fourth-order valence-corrected chi connectivity index (χ4v) is 2.04. The van der Waals surface area contributed by atoms with Gasteiger partial charge in [0.05, 0.1) is 14.2 Å². The van der Waals surface area contributed by atoms with Gasteiger partial charge in [-0.05, 0) is 37.5 Å². The molecule has 2 N–H and O–H groups in total. The number of hydrogen-bond acceptors (Lipinski definition) is 5. The predicted molar refractivity (Wildman–Crippen MR) is 90.4 cm³/mol. The Hall–Kier alpha value is -2.28. The zero-order chi connectivity index (χ0) is 17.8. The Balaban J connectivity index is 2.31. The van der Waals surface area contributed by atoms with Gasteiger partial charge >= 0.3 is 11.8 Å². The molecule has 24 heavy (non-hydrogen) atoms. The minimum Gasteiger partial charge on any atom is -0.493 e. The number of nitrogens with one attached hydrogen (secondary N) is 2. The SMILES string of the molecule is CCOCCCNC(=O)C(=O)NCCc1ccc(OC)c(OC)c1. The maximum Gasteiger partial charge on any atom is 0.309 e. The lowest BCUT2D eigenvalue weighted by atomic mass is 10.1. The van der Waals surface area contributed by atoms with E-state index in [-0.39, 0.29) is 0 Å². The summed E-state index contributed by atoms with van der Waals surface area (Å²) in [4.78, 5) is 23.3. The first-order chi connectivity index (χ1) is 11.6. The molecule has 134 valence electrons. The van der Waals surface area contributed by atoms with Crippen LogP contribution in [0.5, 0.6) is 11.5 Å². The Kier molecular flexibility index (Phi) is 9.29. The number of carbonyl (C=O) groups excluding carboxylic acids is 2. The number of benzene rings is 1. The maximum atomic E-state index is 11.7. The van der Waals surface area contributed by atoms with E-state index < -0.39 is 11.8 Å². The van der Waals surface area contributed by atoms with E-state index in [1.807, 2.05) is 19.1 Å².